The zero-order valence-corrected chi connectivity index (χ0v) is 10.2. The van der Waals surface area contributed by atoms with Gasteiger partial charge in [-0.05, 0) is 6.07 Å². The summed E-state index contributed by atoms with van der Waals surface area (Å²) in [5, 5.41) is 6.09. The number of halogens is 2. The lowest BCUT2D eigenvalue weighted by atomic mass is 10.4. The summed E-state index contributed by atoms with van der Waals surface area (Å²) in [4.78, 5) is 14.9. The normalized spacial score (nSPS) is 9.94. The Kier molecular flexibility index (Phi) is 4.64. The number of nitrogens with zero attached hydrogens (tertiary/aromatic N) is 1. The lowest BCUT2D eigenvalue weighted by Gasteiger charge is -2.08. The van der Waals surface area contributed by atoms with Gasteiger partial charge in [0, 0.05) is 20.0 Å². The summed E-state index contributed by atoms with van der Waals surface area (Å²) in [6.45, 7) is 0.424. The van der Waals surface area contributed by atoms with Gasteiger partial charge in [-0.2, -0.15) is 0 Å². The number of rotatable bonds is 4. The predicted molar refractivity (Wildman–Crippen MR) is 65.8 cm³/mol. The number of pyridine rings is 1. The van der Waals surface area contributed by atoms with Crippen LogP contribution in [0.25, 0.3) is 0 Å². The first-order valence-electron chi connectivity index (χ1n) is 4.60. The highest BCUT2D eigenvalue weighted by atomic mass is 35.5. The van der Waals surface area contributed by atoms with Crippen molar-refractivity contribution >= 4 is 40.7 Å². The van der Waals surface area contributed by atoms with E-state index >= 15 is 0 Å². The number of nitrogen functional groups attached to an aromatic ring is 1. The quantitative estimate of drug-likeness (QED) is 0.769. The van der Waals surface area contributed by atoms with E-state index in [1.165, 1.54) is 6.07 Å². The molecule has 7 heteroatoms. The van der Waals surface area contributed by atoms with Gasteiger partial charge in [0.2, 0.25) is 5.91 Å². The molecule has 0 unspecified atom stereocenters. The van der Waals surface area contributed by atoms with Gasteiger partial charge in [-0.3, -0.25) is 4.79 Å². The van der Waals surface area contributed by atoms with E-state index in [2.05, 4.69) is 15.6 Å². The molecular formula is C9H12Cl2N4O. The van der Waals surface area contributed by atoms with Crippen LogP contribution >= 0.6 is 23.2 Å². The van der Waals surface area contributed by atoms with Gasteiger partial charge in [-0.1, -0.05) is 23.2 Å². The molecule has 16 heavy (non-hydrogen) atoms. The number of aromatic nitrogens is 1. The summed E-state index contributed by atoms with van der Waals surface area (Å²) in [6, 6.07) is 1.51. The molecule has 1 amide bonds. The second-order valence-corrected chi connectivity index (χ2v) is 3.85. The Morgan fingerprint density at radius 2 is 2.19 bits per heavy atom. The topological polar surface area (TPSA) is 80.0 Å². The second-order valence-electron chi connectivity index (χ2n) is 3.04. The summed E-state index contributed by atoms with van der Waals surface area (Å²) >= 11 is 11.6. The standard InChI is InChI=1S/C9H12Cl2N4O/c1-13-7(16)2-3-14-9-6(11)4-5(10)8(12)15-9/h4H,2-3H2,1H3,(H,13,16)(H3,12,14,15). The molecule has 0 fully saturated rings. The Morgan fingerprint density at radius 3 is 2.81 bits per heavy atom. The number of hydrogen-bond acceptors (Lipinski definition) is 4. The zero-order chi connectivity index (χ0) is 12.1. The highest BCUT2D eigenvalue weighted by Crippen LogP contribution is 2.27. The van der Waals surface area contributed by atoms with Gasteiger partial charge in [0.25, 0.3) is 0 Å². The van der Waals surface area contributed by atoms with E-state index in [9.17, 15) is 4.79 Å². The van der Waals surface area contributed by atoms with E-state index in [1.807, 2.05) is 0 Å². The maximum atomic E-state index is 11.0. The minimum atomic E-state index is -0.0643. The van der Waals surface area contributed by atoms with Gasteiger partial charge in [-0.25, -0.2) is 4.98 Å². The van der Waals surface area contributed by atoms with Crippen molar-refractivity contribution in [2.45, 2.75) is 6.42 Å². The molecule has 88 valence electrons. The smallest absolute Gasteiger partial charge is 0.221 e. The number of nitrogens with one attached hydrogen (secondary N) is 2. The van der Waals surface area contributed by atoms with Crippen LogP contribution in [0.1, 0.15) is 6.42 Å². The van der Waals surface area contributed by atoms with Gasteiger partial charge in [-0.15, -0.1) is 0 Å². The number of nitrogens with two attached hydrogens (primary N) is 1. The van der Waals surface area contributed by atoms with E-state index in [-0.39, 0.29) is 11.7 Å². The Labute approximate surface area is 103 Å². The predicted octanol–water partition coefficient (Wildman–Crippen LogP) is 1.52. The summed E-state index contributed by atoms with van der Waals surface area (Å²) in [5.74, 6) is 0.562. The molecule has 0 atom stereocenters. The molecule has 4 N–H and O–H groups in total. The van der Waals surface area contributed by atoms with Gasteiger partial charge in [0.05, 0.1) is 10.0 Å². The van der Waals surface area contributed by atoms with Crippen LogP contribution in [-0.4, -0.2) is 24.5 Å². The molecule has 0 aliphatic carbocycles. The highest BCUT2D eigenvalue weighted by Gasteiger charge is 2.07. The van der Waals surface area contributed by atoms with Crippen LogP contribution in [0.2, 0.25) is 10.0 Å². The first-order valence-corrected chi connectivity index (χ1v) is 5.36. The SMILES string of the molecule is CNC(=O)CCNc1nc(N)c(Cl)cc1Cl. The van der Waals surface area contributed by atoms with Crippen LogP contribution in [0.3, 0.4) is 0 Å². The number of carbonyl (C=O) groups excluding carboxylic acids is 1. The Balaban J connectivity index is 2.60. The Morgan fingerprint density at radius 1 is 1.50 bits per heavy atom. The minimum Gasteiger partial charge on any atom is -0.382 e. The van der Waals surface area contributed by atoms with E-state index in [0.29, 0.717) is 28.8 Å². The lowest BCUT2D eigenvalue weighted by molar-refractivity contribution is -0.120. The molecule has 1 aromatic rings. The number of anilines is 2. The first kappa shape index (κ1) is 12.9. The summed E-state index contributed by atoms with van der Waals surface area (Å²) in [7, 11) is 1.58. The van der Waals surface area contributed by atoms with Crippen LogP contribution in [0.15, 0.2) is 6.07 Å². The molecule has 0 aliphatic rings. The second kappa shape index (κ2) is 5.77. The number of carbonyl (C=O) groups is 1. The maximum absolute atomic E-state index is 11.0. The van der Waals surface area contributed by atoms with Crippen LogP contribution < -0.4 is 16.4 Å². The Hall–Kier alpha value is -1.20. The molecule has 1 rings (SSSR count). The molecule has 0 aromatic carbocycles. The fourth-order valence-corrected chi connectivity index (χ4v) is 1.45. The summed E-state index contributed by atoms with van der Waals surface area (Å²) in [6.07, 6.45) is 0.330. The molecule has 1 heterocycles. The Bertz CT molecular complexity index is 397. The fraction of sp³-hybridized carbons (Fsp3) is 0.333. The fourth-order valence-electron chi connectivity index (χ4n) is 1.02. The van der Waals surface area contributed by atoms with Gasteiger partial charge >= 0.3 is 0 Å². The van der Waals surface area contributed by atoms with Gasteiger partial charge in [0.1, 0.15) is 11.6 Å². The van der Waals surface area contributed by atoms with Crippen molar-refractivity contribution < 1.29 is 4.79 Å². The summed E-state index contributed by atoms with van der Waals surface area (Å²) < 4.78 is 0. The molecule has 5 nitrogen and oxygen atoms in total. The molecular weight excluding hydrogens is 251 g/mol. The van der Waals surface area contributed by atoms with E-state index < -0.39 is 0 Å². The van der Waals surface area contributed by atoms with E-state index in [0.717, 1.165) is 0 Å². The van der Waals surface area contributed by atoms with Crippen molar-refractivity contribution in [1.82, 2.24) is 10.3 Å². The lowest BCUT2D eigenvalue weighted by Crippen LogP contribution is -2.21. The molecule has 0 saturated carbocycles. The molecule has 0 bridgehead atoms. The van der Waals surface area contributed by atoms with Gasteiger partial charge in [0.15, 0.2) is 0 Å². The zero-order valence-electron chi connectivity index (χ0n) is 8.68. The average molecular weight is 263 g/mol. The van der Waals surface area contributed by atoms with Crippen LogP contribution in [0.5, 0.6) is 0 Å². The molecule has 0 radical (unpaired) electrons. The molecule has 1 aromatic heterocycles. The number of hydrogen-bond donors (Lipinski definition) is 3. The van der Waals surface area contributed by atoms with E-state index in [4.69, 9.17) is 28.9 Å². The van der Waals surface area contributed by atoms with Crippen molar-refractivity contribution in [3.05, 3.63) is 16.1 Å². The van der Waals surface area contributed by atoms with Crippen LogP contribution in [0, 0.1) is 0 Å². The monoisotopic (exact) mass is 262 g/mol. The van der Waals surface area contributed by atoms with Crippen molar-refractivity contribution in [1.29, 1.82) is 0 Å². The third-order valence-electron chi connectivity index (χ3n) is 1.88. The van der Waals surface area contributed by atoms with Crippen molar-refractivity contribution in [3.8, 4) is 0 Å². The maximum Gasteiger partial charge on any atom is 0.221 e. The first-order chi connectivity index (χ1) is 7.54. The molecule has 0 saturated heterocycles. The van der Waals surface area contributed by atoms with E-state index in [1.54, 1.807) is 7.05 Å². The van der Waals surface area contributed by atoms with Crippen molar-refractivity contribution in [2.24, 2.45) is 0 Å². The van der Waals surface area contributed by atoms with Crippen LogP contribution in [0.4, 0.5) is 11.6 Å². The van der Waals surface area contributed by atoms with Crippen LogP contribution in [-0.2, 0) is 4.79 Å². The minimum absolute atomic E-state index is 0.0643. The summed E-state index contributed by atoms with van der Waals surface area (Å²) in [5.41, 5.74) is 5.53. The van der Waals surface area contributed by atoms with Crippen molar-refractivity contribution in [3.63, 3.8) is 0 Å². The molecule has 0 aliphatic heterocycles. The third kappa shape index (κ3) is 3.43. The molecule has 0 spiro atoms. The largest absolute Gasteiger partial charge is 0.382 e. The van der Waals surface area contributed by atoms with Gasteiger partial charge < -0.3 is 16.4 Å². The highest BCUT2D eigenvalue weighted by molar-refractivity contribution is 6.37. The van der Waals surface area contributed by atoms with Crippen molar-refractivity contribution in [2.75, 3.05) is 24.6 Å². The average Bonchev–Trinajstić information content (AvgIpc) is 2.25. The number of amides is 1. The third-order valence-corrected chi connectivity index (χ3v) is 2.47.